The highest BCUT2D eigenvalue weighted by Gasteiger charge is 2.31. The molecule has 1 aromatic heterocycles. The van der Waals surface area contributed by atoms with Crippen LogP contribution in [0.5, 0.6) is 0 Å². The topological polar surface area (TPSA) is 99.9 Å². The van der Waals surface area contributed by atoms with E-state index in [1.54, 1.807) is 48.5 Å². The number of carbonyl (C=O) groups is 3. The number of hydrogen-bond donors (Lipinski definition) is 1. The minimum atomic E-state index is -1.50. The number of carbonyl (C=O) groups excluding carboxylic acids is 3. The lowest BCUT2D eigenvalue weighted by atomic mass is 9.89. The van der Waals surface area contributed by atoms with Gasteiger partial charge in [0.2, 0.25) is 0 Å². The molecule has 26 heavy (non-hydrogen) atoms. The Labute approximate surface area is 159 Å². The van der Waals surface area contributed by atoms with Crippen LogP contribution in [0.4, 0.5) is 5.82 Å². The molecule has 6 nitrogen and oxygen atoms in total. The van der Waals surface area contributed by atoms with Gasteiger partial charge in [-0.2, -0.15) is 5.26 Å². The molecule has 1 N–H and O–H groups in total. The van der Waals surface area contributed by atoms with Gasteiger partial charge in [-0.3, -0.25) is 14.4 Å². The first-order valence-corrected chi connectivity index (χ1v) is 8.65. The quantitative estimate of drug-likeness (QED) is 0.553. The van der Waals surface area contributed by atoms with Gasteiger partial charge in [-0.1, -0.05) is 41.1 Å². The second kappa shape index (κ2) is 9.02. The summed E-state index contributed by atoms with van der Waals surface area (Å²) in [5, 5.41) is 11.7. The molecule has 2 aromatic rings. The van der Waals surface area contributed by atoms with E-state index in [0.717, 1.165) is 4.47 Å². The molecule has 1 amide bonds. The van der Waals surface area contributed by atoms with Gasteiger partial charge in [0.05, 0.1) is 6.07 Å². The molecule has 0 saturated carbocycles. The molecule has 1 heterocycles. The first-order valence-electron chi connectivity index (χ1n) is 7.86. The number of anilines is 1. The fraction of sp³-hybridized carbons (Fsp3) is 0.211. The van der Waals surface area contributed by atoms with Crippen LogP contribution in [-0.2, 0) is 9.59 Å². The van der Waals surface area contributed by atoms with E-state index in [4.69, 9.17) is 0 Å². The average molecular weight is 414 g/mol. The molecule has 0 aliphatic rings. The summed E-state index contributed by atoms with van der Waals surface area (Å²) in [6.07, 6.45) is 1.41. The van der Waals surface area contributed by atoms with Gasteiger partial charge in [-0.05, 0) is 24.3 Å². The Balaban J connectivity index is 2.03. The zero-order chi connectivity index (χ0) is 19.1. The van der Waals surface area contributed by atoms with Crippen molar-refractivity contribution in [3.8, 4) is 6.07 Å². The normalized spacial score (nSPS) is 12.5. The molecule has 132 valence electrons. The van der Waals surface area contributed by atoms with Crippen molar-refractivity contribution in [1.82, 2.24) is 4.98 Å². The number of rotatable bonds is 7. The van der Waals surface area contributed by atoms with Crippen molar-refractivity contribution < 1.29 is 14.4 Å². The molecule has 2 atom stereocenters. The molecule has 0 aliphatic heterocycles. The second-order valence-corrected chi connectivity index (χ2v) is 6.62. The summed E-state index contributed by atoms with van der Waals surface area (Å²) in [5.74, 6) is -3.58. The van der Waals surface area contributed by atoms with Crippen LogP contribution in [0.2, 0.25) is 0 Å². The number of Topliss-reactive ketones (excluding diaryl/α,β-unsaturated/α-hetero) is 2. The van der Waals surface area contributed by atoms with Crippen LogP contribution < -0.4 is 5.32 Å². The average Bonchev–Trinajstić information content (AvgIpc) is 2.63. The highest BCUT2D eigenvalue weighted by Crippen LogP contribution is 2.18. The van der Waals surface area contributed by atoms with Gasteiger partial charge in [-0.15, -0.1) is 0 Å². The highest BCUT2D eigenvalue weighted by molar-refractivity contribution is 9.10. The maximum atomic E-state index is 12.5. The van der Waals surface area contributed by atoms with Crippen LogP contribution >= 0.6 is 15.9 Å². The molecule has 0 radical (unpaired) electrons. The molecule has 0 bridgehead atoms. The maximum absolute atomic E-state index is 12.5. The molecule has 0 unspecified atom stereocenters. The lowest BCUT2D eigenvalue weighted by Gasteiger charge is -2.14. The molecule has 7 heteroatoms. The summed E-state index contributed by atoms with van der Waals surface area (Å²) in [6.45, 7) is 1.54. The van der Waals surface area contributed by atoms with Crippen molar-refractivity contribution >= 4 is 39.2 Å². The van der Waals surface area contributed by atoms with E-state index in [0.29, 0.717) is 5.56 Å². The summed E-state index contributed by atoms with van der Waals surface area (Å²) in [4.78, 5) is 40.9. The number of nitriles is 1. The van der Waals surface area contributed by atoms with Crippen molar-refractivity contribution in [3.63, 3.8) is 0 Å². The van der Waals surface area contributed by atoms with Crippen LogP contribution in [0.15, 0.2) is 53.1 Å². The van der Waals surface area contributed by atoms with E-state index < -0.39 is 23.5 Å². The monoisotopic (exact) mass is 413 g/mol. The largest absolute Gasteiger partial charge is 0.309 e. The number of amides is 1. The SMILES string of the molecule is C[C@H](CC(=O)c1cccc(Br)c1)C(=O)[C@H](C#N)C(=O)Nc1ccccn1. The summed E-state index contributed by atoms with van der Waals surface area (Å²) in [7, 11) is 0. The van der Waals surface area contributed by atoms with Crippen molar-refractivity contribution in [3.05, 3.63) is 58.7 Å². The van der Waals surface area contributed by atoms with Crippen LogP contribution in [0.3, 0.4) is 0 Å². The Morgan fingerprint density at radius 1 is 1.23 bits per heavy atom. The fourth-order valence-corrected chi connectivity index (χ4v) is 2.73. The number of hydrogen-bond acceptors (Lipinski definition) is 5. The van der Waals surface area contributed by atoms with Crippen molar-refractivity contribution in [2.45, 2.75) is 13.3 Å². The number of pyridine rings is 1. The summed E-state index contributed by atoms with van der Waals surface area (Å²) >= 11 is 3.29. The van der Waals surface area contributed by atoms with Gasteiger partial charge >= 0.3 is 0 Å². The van der Waals surface area contributed by atoms with E-state index in [-0.39, 0.29) is 18.0 Å². The minimum absolute atomic E-state index is 0.0790. The smallest absolute Gasteiger partial charge is 0.250 e. The van der Waals surface area contributed by atoms with E-state index in [9.17, 15) is 19.6 Å². The number of benzene rings is 1. The Morgan fingerprint density at radius 3 is 2.62 bits per heavy atom. The first-order chi connectivity index (χ1) is 12.4. The number of halogens is 1. The van der Waals surface area contributed by atoms with Crippen LogP contribution in [0.1, 0.15) is 23.7 Å². The van der Waals surface area contributed by atoms with Gasteiger partial charge in [0.1, 0.15) is 5.82 Å². The molecule has 0 aliphatic carbocycles. The Morgan fingerprint density at radius 2 is 2.00 bits per heavy atom. The van der Waals surface area contributed by atoms with E-state index in [2.05, 4.69) is 26.2 Å². The molecule has 1 aromatic carbocycles. The number of aromatic nitrogens is 1. The number of ketones is 2. The lowest BCUT2D eigenvalue weighted by molar-refractivity contribution is -0.131. The lowest BCUT2D eigenvalue weighted by Crippen LogP contribution is -2.33. The van der Waals surface area contributed by atoms with Gasteiger partial charge < -0.3 is 5.32 Å². The van der Waals surface area contributed by atoms with Crippen LogP contribution in [0, 0.1) is 23.2 Å². The summed E-state index contributed by atoms with van der Waals surface area (Å²) < 4.78 is 0.756. The molecule has 2 rings (SSSR count). The van der Waals surface area contributed by atoms with Crippen molar-refractivity contribution in [2.75, 3.05) is 5.32 Å². The maximum Gasteiger partial charge on any atom is 0.250 e. The summed E-state index contributed by atoms with van der Waals surface area (Å²) in [5.41, 5.74) is 0.463. The Kier molecular flexibility index (Phi) is 6.75. The molecule has 0 spiro atoms. The summed E-state index contributed by atoms with van der Waals surface area (Å²) in [6, 6.07) is 13.4. The third kappa shape index (κ3) is 5.07. The zero-order valence-electron chi connectivity index (χ0n) is 14.0. The fourth-order valence-electron chi connectivity index (χ4n) is 2.33. The molecule has 0 fully saturated rings. The van der Waals surface area contributed by atoms with Crippen LogP contribution in [0.25, 0.3) is 0 Å². The Hall–Kier alpha value is -2.85. The number of nitrogens with one attached hydrogen (secondary N) is 1. The van der Waals surface area contributed by atoms with E-state index in [1.165, 1.54) is 13.1 Å². The highest BCUT2D eigenvalue weighted by atomic mass is 79.9. The second-order valence-electron chi connectivity index (χ2n) is 5.71. The first kappa shape index (κ1) is 19.5. The van der Waals surface area contributed by atoms with E-state index in [1.807, 2.05) is 0 Å². The third-order valence-electron chi connectivity index (χ3n) is 3.72. The number of nitrogens with zero attached hydrogens (tertiary/aromatic N) is 2. The predicted octanol–water partition coefficient (Wildman–Crippen LogP) is 3.40. The van der Waals surface area contributed by atoms with Gasteiger partial charge in [0.15, 0.2) is 17.5 Å². The van der Waals surface area contributed by atoms with Crippen molar-refractivity contribution in [2.24, 2.45) is 11.8 Å². The predicted molar refractivity (Wildman–Crippen MR) is 99.2 cm³/mol. The molecular formula is C19H16BrN3O3. The van der Waals surface area contributed by atoms with E-state index >= 15 is 0 Å². The van der Waals surface area contributed by atoms with Crippen LogP contribution in [-0.4, -0.2) is 22.5 Å². The minimum Gasteiger partial charge on any atom is -0.309 e. The van der Waals surface area contributed by atoms with Gasteiger partial charge in [0, 0.05) is 28.6 Å². The zero-order valence-corrected chi connectivity index (χ0v) is 15.6. The third-order valence-corrected chi connectivity index (χ3v) is 4.21. The van der Waals surface area contributed by atoms with Gasteiger partial charge in [-0.25, -0.2) is 4.98 Å². The van der Waals surface area contributed by atoms with Crippen molar-refractivity contribution in [1.29, 1.82) is 5.26 Å². The standard InChI is InChI=1S/C19H16BrN3O3/c1-12(9-16(24)13-5-4-6-14(20)10-13)18(25)15(11-21)19(26)23-17-7-2-3-8-22-17/h2-8,10,12,15H,9H2,1H3,(H,22,23,26)/t12-,15+/m1/s1. The molecule has 0 saturated heterocycles. The molecular weight excluding hydrogens is 398 g/mol. The van der Waals surface area contributed by atoms with Gasteiger partial charge in [0.25, 0.3) is 5.91 Å². The Bertz CT molecular complexity index is 862.